The van der Waals surface area contributed by atoms with Crippen LogP contribution in [-0.2, 0) is 4.79 Å². The number of para-hydroxylation sites is 1. The van der Waals surface area contributed by atoms with Crippen molar-refractivity contribution in [2.45, 2.75) is 26.3 Å². The zero-order chi connectivity index (χ0) is 13.7. The Morgan fingerprint density at radius 1 is 1.33 bits per heavy atom. The van der Waals surface area contributed by atoms with Crippen LogP contribution in [0.15, 0.2) is 24.3 Å². The van der Waals surface area contributed by atoms with Crippen LogP contribution in [0.3, 0.4) is 0 Å². The van der Waals surface area contributed by atoms with Crippen LogP contribution in [0.2, 0.25) is 0 Å². The van der Waals surface area contributed by atoms with Crippen molar-refractivity contribution in [3.05, 3.63) is 29.8 Å². The summed E-state index contributed by atoms with van der Waals surface area (Å²) in [6.45, 7) is 3.80. The van der Waals surface area contributed by atoms with Gasteiger partial charge in [-0.1, -0.05) is 26.0 Å². The van der Waals surface area contributed by atoms with E-state index in [0.29, 0.717) is 17.7 Å². The molecule has 98 valence electrons. The first-order valence-electron chi connectivity index (χ1n) is 5.80. The van der Waals surface area contributed by atoms with Gasteiger partial charge in [-0.2, -0.15) is 0 Å². The van der Waals surface area contributed by atoms with Crippen molar-refractivity contribution in [1.82, 2.24) is 5.32 Å². The number of aliphatic carboxylic acids is 1. The molecule has 1 atom stereocenters. The van der Waals surface area contributed by atoms with Crippen LogP contribution in [0, 0.1) is 5.92 Å². The Morgan fingerprint density at radius 2 is 1.94 bits per heavy atom. The minimum atomic E-state index is -1.04. The molecule has 1 rings (SSSR count). The van der Waals surface area contributed by atoms with Crippen LogP contribution < -0.4 is 11.1 Å². The van der Waals surface area contributed by atoms with Crippen molar-refractivity contribution < 1.29 is 14.7 Å². The topological polar surface area (TPSA) is 92.4 Å². The number of carboxylic acids is 1. The number of nitrogens with one attached hydrogen (secondary N) is 1. The second-order valence-corrected chi connectivity index (χ2v) is 4.58. The van der Waals surface area contributed by atoms with Gasteiger partial charge in [0.2, 0.25) is 0 Å². The number of amides is 1. The lowest BCUT2D eigenvalue weighted by molar-refractivity contribution is -0.139. The lowest BCUT2D eigenvalue weighted by atomic mass is 10.0. The third-order valence-corrected chi connectivity index (χ3v) is 2.52. The molecule has 0 spiro atoms. The van der Waals surface area contributed by atoms with Crippen molar-refractivity contribution >= 4 is 17.6 Å². The molecule has 0 aliphatic heterocycles. The summed E-state index contributed by atoms with van der Waals surface area (Å²) in [5.41, 5.74) is 6.30. The van der Waals surface area contributed by atoms with Gasteiger partial charge in [-0.25, -0.2) is 4.79 Å². The summed E-state index contributed by atoms with van der Waals surface area (Å²) in [5, 5.41) is 11.5. The Morgan fingerprint density at radius 3 is 2.44 bits per heavy atom. The summed E-state index contributed by atoms with van der Waals surface area (Å²) in [6.07, 6.45) is 0.383. The van der Waals surface area contributed by atoms with Crippen LogP contribution in [0.5, 0.6) is 0 Å². The van der Waals surface area contributed by atoms with Crippen LogP contribution in [-0.4, -0.2) is 23.0 Å². The predicted molar refractivity (Wildman–Crippen MR) is 69.2 cm³/mol. The number of benzene rings is 1. The molecule has 5 nitrogen and oxygen atoms in total. The zero-order valence-electron chi connectivity index (χ0n) is 10.5. The van der Waals surface area contributed by atoms with Crippen LogP contribution in [0.1, 0.15) is 30.6 Å². The number of anilines is 1. The van der Waals surface area contributed by atoms with Crippen molar-refractivity contribution in [2.75, 3.05) is 5.73 Å². The van der Waals surface area contributed by atoms with Crippen LogP contribution >= 0.6 is 0 Å². The molecule has 18 heavy (non-hydrogen) atoms. The summed E-state index contributed by atoms with van der Waals surface area (Å²) in [5.74, 6) is -1.31. The maximum Gasteiger partial charge on any atom is 0.326 e. The van der Waals surface area contributed by atoms with Gasteiger partial charge in [0.1, 0.15) is 6.04 Å². The SMILES string of the molecule is CC(C)CC(NC(=O)c1ccccc1N)C(=O)O. The Kier molecular flexibility index (Phi) is 4.71. The second-order valence-electron chi connectivity index (χ2n) is 4.58. The number of rotatable bonds is 5. The average Bonchev–Trinajstić information content (AvgIpc) is 2.27. The van der Waals surface area contributed by atoms with E-state index in [9.17, 15) is 9.59 Å². The molecule has 0 aliphatic rings. The van der Waals surface area contributed by atoms with E-state index >= 15 is 0 Å². The molecule has 4 N–H and O–H groups in total. The molecule has 0 saturated carbocycles. The fraction of sp³-hybridized carbons (Fsp3) is 0.385. The first-order chi connectivity index (χ1) is 8.41. The average molecular weight is 250 g/mol. The lowest BCUT2D eigenvalue weighted by Gasteiger charge is -2.17. The number of hydrogen-bond acceptors (Lipinski definition) is 3. The van der Waals surface area contributed by atoms with Gasteiger partial charge in [0.15, 0.2) is 0 Å². The minimum Gasteiger partial charge on any atom is -0.480 e. The summed E-state index contributed by atoms with van der Waals surface area (Å²) in [7, 11) is 0. The molecule has 1 unspecified atom stereocenters. The summed E-state index contributed by atoms with van der Waals surface area (Å²) >= 11 is 0. The monoisotopic (exact) mass is 250 g/mol. The summed E-state index contributed by atoms with van der Waals surface area (Å²) in [4.78, 5) is 22.9. The highest BCUT2D eigenvalue weighted by molar-refractivity contribution is 6.00. The van der Waals surface area contributed by atoms with E-state index in [1.165, 1.54) is 0 Å². The number of nitrogen functional groups attached to an aromatic ring is 1. The number of carbonyl (C=O) groups excluding carboxylic acids is 1. The van der Waals surface area contributed by atoms with Crippen molar-refractivity contribution in [2.24, 2.45) is 5.92 Å². The van der Waals surface area contributed by atoms with Gasteiger partial charge in [-0.05, 0) is 24.5 Å². The van der Waals surface area contributed by atoms with Gasteiger partial charge in [0.25, 0.3) is 5.91 Å². The Hall–Kier alpha value is -2.04. The zero-order valence-corrected chi connectivity index (χ0v) is 10.5. The molecule has 0 bridgehead atoms. The number of carbonyl (C=O) groups is 2. The van der Waals surface area contributed by atoms with Gasteiger partial charge >= 0.3 is 5.97 Å². The third-order valence-electron chi connectivity index (χ3n) is 2.52. The van der Waals surface area contributed by atoms with Crippen molar-refractivity contribution in [3.8, 4) is 0 Å². The summed E-state index contributed by atoms with van der Waals surface area (Å²) in [6, 6.07) is 5.68. The molecular formula is C13H18N2O3. The largest absolute Gasteiger partial charge is 0.480 e. The lowest BCUT2D eigenvalue weighted by Crippen LogP contribution is -2.41. The minimum absolute atomic E-state index is 0.180. The van der Waals surface area contributed by atoms with E-state index in [1.54, 1.807) is 24.3 Å². The molecule has 0 aliphatic carbocycles. The van der Waals surface area contributed by atoms with Gasteiger partial charge in [0.05, 0.1) is 5.56 Å². The molecule has 1 aromatic rings. The Labute approximate surface area is 106 Å². The van der Waals surface area contributed by atoms with E-state index in [4.69, 9.17) is 10.8 Å². The molecule has 0 heterocycles. The number of hydrogen-bond donors (Lipinski definition) is 3. The highest BCUT2D eigenvalue weighted by Crippen LogP contribution is 2.12. The maximum atomic E-state index is 11.9. The first-order valence-corrected chi connectivity index (χ1v) is 5.80. The number of nitrogens with two attached hydrogens (primary N) is 1. The predicted octanol–water partition coefficient (Wildman–Crippen LogP) is 1.50. The maximum absolute atomic E-state index is 11.9. The van der Waals surface area contributed by atoms with Crippen molar-refractivity contribution in [1.29, 1.82) is 0 Å². The van der Waals surface area contributed by atoms with Crippen LogP contribution in [0.4, 0.5) is 5.69 Å². The van der Waals surface area contributed by atoms with E-state index < -0.39 is 17.9 Å². The standard InChI is InChI=1S/C13H18N2O3/c1-8(2)7-11(13(17)18)15-12(16)9-5-3-4-6-10(9)14/h3-6,8,11H,7,14H2,1-2H3,(H,15,16)(H,17,18). The molecule has 1 amide bonds. The van der Waals surface area contributed by atoms with E-state index in [1.807, 2.05) is 13.8 Å². The van der Waals surface area contributed by atoms with Gasteiger partial charge in [-0.15, -0.1) is 0 Å². The molecule has 5 heteroatoms. The second kappa shape index (κ2) is 6.05. The number of carboxylic acid groups (broad SMARTS) is 1. The van der Waals surface area contributed by atoms with Gasteiger partial charge in [-0.3, -0.25) is 4.79 Å². The van der Waals surface area contributed by atoms with Crippen LogP contribution in [0.25, 0.3) is 0 Å². The molecule has 0 fully saturated rings. The fourth-order valence-corrected chi connectivity index (χ4v) is 1.63. The highest BCUT2D eigenvalue weighted by Gasteiger charge is 2.22. The van der Waals surface area contributed by atoms with E-state index in [2.05, 4.69) is 5.32 Å². The molecular weight excluding hydrogens is 232 g/mol. The summed E-state index contributed by atoms with van der Waals surface area (Å²) < 4.78 is 0. The van der Waals surface area contributed by atoms with Crippen molar-refractivity contribution in [3.63, 3.8) is 0 Å². The first kappa shape index (κ1) is 14.0. The third kappa shape index (κ3) is 3.76. The van der Waals surface area contributed by atoms with Gasteiger partial charge < -0.3 is 16.2 Å². The Balaban J connectivity index is 2.79. The molecule has 0 radical (unpaired) electrons. The molecule has 0 saturated heterocycles. The van der Waals surface area contributed by atoms with Gasteiger partial charge in [0, 0.05) is 5.69 Å². The van der Waals surface area contributed by atoms with E-state index in [-0.39, 0.29) is 5.92 Å². The normalized spacial score (nSPS) is 12.2. The van der Waals surface area contributed by atoms with E-state index in [0.717, 1.165) is 0 Å². The Bertz CT molecular complexity index is 444. The molecule has 0 aromatic heterocycles. The highest BCUT2D eigenvalue weighted by atomic mass is 16.4. The fourth-order valence-electron chi connectivity index (χ4n) is 1.63. The smallest absolute Gasteiger partial charge is 0.326 e. The molecule has 1 aromatic carbocycles. The quantitative estimate of drug-likeness (QED) is 0.690.